The molecule has 0 aromatic heterocycles. The van der Waals surface area contributed by atoms with Crippen molar-refractivity contribution in [1.29, 1.82) is 0 Å². The summed E-state index contributed by atoms with van der Waals surface area (Å²) in [7, 11) is 1.54. The van der Waals surface area contributed by atoms with Crippen LogP contribution in [0.25, 0.3) is 0 Å². The van der Waals surface area contributed by atoms with Crippen LogP contribution in [-0.2, 0) is 28.5 Å². The zero-order valence-electron chi connectivity index (χ0n) is 16.2. The lowest BCUT2D eigenvalue weighted by Gasteiger charge is -2.39. The van der Waals surface area contributed by atoms with Crippen LogP contribution >= 0.6 is 0 Å². The summed E-state index contributed by atoms with van der Waals surface area (Å²) >= 11 is 0. The zero-order valence-corrected chi connectivity index (χ0v) is 16.2. The van der Waals surface area contributed by atoms with Crippen LogP contribution in [-0.4, -0.2) is 79.9 Å². The van der Waals surface area contributed by atoms with Crippen molar-refractivity contribution < 1.29 is 33.3 Å². The molecule has 0 aromatic rings. The first kappa shape index (κ1) is 18.6. The van der Waals surface area contributed by atoms with E-state index in [1.807, 2.05) is 4.90 Å². The number of carbonyl (C=O) groups excluding carboxylic acids is 3. The Kier molecular flexibility index (Phi) is 4.03. The first-order valence-electron chi connectivity index (χ1n) is 9.70. The van der Waals surface area contributed by atoms with Gasteiger partial charge in [-0.1, -0.05) is 0 Å². The molecule has 0 saturated carbocycles. The molecular formula is C19H23N3O7. The highest BCUT2D eigenvalue weighted by Crippen LogP contribution is 2.55. The van der Waals surface area contributed by atoms with Crippen molar-refractivity contribution in [3.8, 4) is 0 Å². The maximum absolute atomic E-state index is 13.5. The monoisotopic (exact) mass is 405 g/mol. The predicted molar refractivity (Wildman–Crippen MR) is 96.2 cm³/mol. The molecule has 29 heavy (non-hydrogen) atoms. The van der Waals surface area contributed by atoms with Crippen LogP contribution in [0.3, 0.4) is 0 Å². The van der Waals surface area contributed by atoms with Gasteiger partial charge in [0.05, 0.1) is 30.9 Å². The molecule has 0 bridgehead atoms. The number of fused-ring (bicyclic) bond motifs is 4. The number of nitrogens with two attached hydrogens (primary N) is 1. The third kappa shape index (κ3) is 2.42. The van der Waals surface area contributed by atoms with Gasteiger partial charge in [-0.2, -0.15) is 0 Å². The largest absolute Gasteiger partial charge is 0.483 e. The highest BCUT2D eigenvalue weighted by atomic mass is 16.6. The van der Waals surface area contributed by atoms with E-state index in [9.17, 15) is 14.4 Å². The number of ketones is 2. The average Bonchev–Trinajstić information content (AvgIpc) is 3.05. The quantitative estimate of drug-likeness (QED) is 0.444. The van der Waals surface area contributed by atoms with E-state index in [-0.39, 0.29) is 53.3 Å². The summed E-state index contributed by atoms with van der Waals surface area (Å²) in [5.74, 6) is -1.26. The number of allylic oxidation sites excluding steroid dienone is 2. The fraction of sp³-hybridized carbons (Fsp3) is 0.632. The fourth-order valence-electron chi connectivity index (χ4n) is 5.18. The standard InChI is InChI=1S/C19H23N3O7/c1-8-14(23)13-12(15(24)16(8)29-9-3-4-27-6-9)10(7-28-18(20)25)19(26-2)17-11(21-17)5-22(13)19/h9-11,17,21H,3-7H2,1-2H3,(H2,20,25). The average molecular weight is 405 g/mol. The minimum atomic E-state index is -0.984. The van der Waals surface area contributed by atoms with Gasteiger partial charge in [0.15, 0.2) is 11.5 Å². The van der Waals surface area contributed by atoms with Gasteiger partial charge in [0.1, 0.15) is 12.7 Å². The Morgan fingerprint density at radius 2 is 2.17 bits per heavy atom. The summed E-state index contributed by atoms with van der Waals surface area (Å²) in [5.41, 5.74) is 5.05. The lowest BCUT2D eigenvalue weighted by atomic mass is 9.83. The van der Waals surface area contributed by atoms with Gasteiger partial charge >= 0.3 is 6.09 Å². The summed E-state index contributed by atoms with van der Waals surface area (Å²) in [6.45, 7) is 2.90. The number of nitrogens with zero attached hydrogens (tertiary/aromatic N) is 1. The molecule has 5 aliphatic rings. The first-order chi connectivity index (χ1) is 13.9. The molecule has 0 spiro atoms. The predicted octanol–water partition coefficient (Wildman–Crippen LogP) is -0.804. The number of nitrogens with one attached hydrogen (secondary N) is 1. The number of hydrogen-bond donors (Lipinski definition) is 2. The van der Waals surface area contributed by atoms with Crippen LogP contribution in [0.5, 0.6) is 0 Å². The van der Waals surface area contributed by atoms with Gasteiger partial charge in [0.25, 0.3) is 0 Å². The Balaban J connectivity index is 1.55. The molecule has 3 saturated heterocycles. The van der Waals surface area contributed by atoms with Crippen molar-refractivity contribution >= 4 is 17.7 Å². The number of amides is 1. The molecule has 4 aliphatic heterocycles. The zero-order chi connectivity index (χ0) is 20.5. The van der Waals surface area contributed by atoms with Crippen LogP contribution in [0.4, 0.5) is 4.79 Å². The van der Waals surface area contributed by atoms with Crippen LogP contribution in [0.2, 0.25) is 0 Å². The number of hydrogen-bond acceptors (Lipinski definition) is 9. The van der Waals surface area contributed by atoms with E-state index in [4.69, 9.17) is 24.7 Å². The molecule has 3 N–H and O–H groups in total. The minimum Gasteiger partial charge on any atom is -0.483 e. The molecular weight excluding hydrogens is 382 g/mol. The second kappa shape index (κ2) is 6.28. The van der Waals surface area contributed by atoms with Crippen molar-refractivity contribution in [3.63, 3.8) is 0 Å². The van der Waals surface area contributed by atoms with Gasteiger partial charge < -0.3 is 34.9 Å². The second-order valence-electron chi connectivity index (χ2n) is 7.98. The summed E-state index contributed by atoms with van der Waals surface area (Å²) in [6, 6.07) is 0.0774. The molecule has 10 heteroatoms. The number of ether oxygens (including phenoxy) is 4. The molecule has 4 heterocycles. The molecule has 0 radical (unpaired) electrons. The highest BCUT2D eigenvalue weighted by molar-refractivity contribution is 6.25. The Labute approximate surface area is 166 Å². The summed E-state index contributed by atoms with van der Waals surface area (Å²) in [5, 5.41) is 3.32. The highest BCUT2D eigenvalue weighted by Gasteiger charge is 2.72. The van der Waals surface area contributed by atoms with Gasteiger partial charge in [-0.3, -0.25) is 9.59 Å². The molecule has 5 unspecified atom stereocenters. The fourth-order valence-corrected chi connectivity index (χ4v) is 5.18. The van der Waals surface area contributed by atoms with Crippen LogP contribution in [0.1, 0.15) is 13.3 Å². The van der Waals surface area contributed by atoms with Gasteiger partial charge in [0.2, 0.25) is 11.6 Å². The van der Waals surface area contributed by atoms with Gasteiger partial charge in [-0.15, -0.1) is 0 Å². The van der Waals surface area contributed by atoms with E-state index < -0.39 is 17.7 Å². The summed E-state index contributed by atoms with van der Waals surface area (Å²) in [4.78, 5) is 40.0. The number of Topliss-reactive ketones (excluding diaryl/α,β-unsaturated/α-hetero) is 2. The van der Waals surface area contributed by atoms with E-state index in [2.05, 4.69) is 5.32 Å². The van der Waals surface area contributed by atoms with Gasteiger partial charge in [-0.05, 0) is 6.92 Å². The number of rotatable bonds is 5. The van der Waals surface area contributed by atoms with Crippen LogP contribution in [0, 0.1) is 5.92 Å². The Morgan fingerprint density at radius 3 is 2.83 bits per heavy atom. The van der Waals surface area contributed by atoms with Crippen molar-refractivity contribution in [1.82, 2.24) is 10.2 Å². The van der Waals surface area contributed by atoms with E-state index in [1.54, 1.807) is 6.92 Å². The third-order valence-electron chi connectivity index (χ3n) is 6.55. The first-order valence-corrected chi connectivity index (χ1v) is 9.70. The topological polar surface area (TPSA) is 139 Å². The molecule has 3 fully saturated rings. The lowest BCUT2D eigenvalue weighted by molar-refractivity contribution is -0.137. The minimum absolute atomic E-state index is 0.0426. The van der Waals surface area contributed by atoms with Gasteiger partial charge in [0, 0.05) is 37.3 Å². The lowest BCUT2D eigenvalue weighted by Crippen LogP contribution is -2.55. The molecule has 156 valence electrons. The maximum atomic E-state index is 13.5. The van der Waals surface area contributed by atoms with Gasteiger partial charge in [-0.25, -0.2) is 4.79 Å². The van der Waals surface area contributed by atoms with E-state index in [0.717, 1.165) is 0 Å². The molecule has 10 nitrogen and oxygen atoms in total. The normalized spacial score (nSPS) is 37.7. The molecule has 0 aromatic carbocycles. The molecule has 1 aliphatic carbocycles. The smallest absolute Gasteiger partial charge is 0.404 e. The van der Waals surface area contributed by atoms with Crippen LogP contribution < -0.4 is 11.1 Å². The molecule has 5 rings (SSSR count). The second-order valence-corrected chi connectivity index (χ2v) is 7.98. The van der Waals surface area contributed by atoms with E-state index >= 15 is 0 Å². The van der Waals surface area contributed by atoms with E-state index in [0.29, 0.717) is 31.9 Å². The molecule has 1 amide bonds. The van der Waals surface area contributed by atoms with Crippen molar-refractivity contribution in [3.05, 3.63) is 22.6 Å². The van der Waals surface area contributed by atoms with Crippen LogP contribution in [0.15, 0.2) is 22.6 Å². The number of carbonyl (C=O) groups is 3. The molecule has 5 atom stereocenters. The Morgan fingerprint density at radius 1 is 1.38 bits per heavy atom. The Bertz CT molecular complexity index is 875. The van der Waals surface area contributed by atoms with E-state index in [1.165, 1.54) is 7.11 Å². The number of methoxy groups -OCH3 is 1. The number of piperazine rings is 1. The van der Waals surface area contributed by atoms with Crippen molar-refractivity contribution in [2.45, 2.75) is 37.3 Å². The SMILES string of the molecule is COC12C(COC(N)=O)C3=C(C(=O)C(C)=C(OC4CCOC4)C3=O)N1CC1NC12. The Hall–Kier alpha value is -2.43. The summed E-state index contributed by atoms with van der Waals surface area (Å²) < 4.78 is 22.2. The summed E-state index contributed by atoms with van der Waals surface area (Å²) in [6.07, 6.45) is -0.567. The van der Waals surface area contributed by atoms with Crippen molar-refractivity contribution in [2.75, 3.05) is 33.5 Å². The maximum Gasteiger partial charge on any atom is 0.404 e. The number of primary amides is 1. The van der Waals surface area contributed by atoms with Crippen molar-refractivity contribution in [2.24, 2.45) is 11.7 Å². The third-order valence-corrected chi connectivity index (χ3v) is 6.55.